The lowest BCUT2D eigenvalue weighted by Gasteiger charge is -2.27. The lowest BCUT2D eigenvalue weighted by molar-refractivity contribution is 0.0991. The number of primary amides is 2. The fourth-order valence-corrected chi connectivity index (χ4v) is 7.30. The molecule has 0 fully saturated rings. The maximum Gasteiger partial charge on any atom is 0.276 e. The molecule has 4 aromatic heterocycles. The summed E-state index contributed by atoms with van der Waals surface area (Å²) in [5, 5.41) is 14.8. The van der Waals surface area contributed by atoms with E-state index in [1.807, 2.05) is 36.8 Å². The number of ether oxygens (including phenoxy) is 3. The summed E-state index contributed by atoms with van der Waals surface area (Å²) >= 11 is 0. The van der Waals surface area contributed by atoms with Crippen molar-refractivity contribution < 1.29 is 33.4 Å². The highest BCUT2D eigenvalue weighted by atomic mass is 16.5. The van der Waals surface area contributed by atoms with Gasteiger partial charge in [-0.15, -0.1) is 0 Å². The van der Waals surface area contributed by atoms with Gasteiger partial charge in [0.2, 0.25) is 23.7 Å². The van der Waals surface area contributed by atoms with E-state index in [1.54, 1.807) is 52.9 Å². The fraction of sp³-hybridized carbons (Fsp3) is 0.385. The van der Waals surface area contributed by atoms with Crippen LogP contribution in [0.1, 0.15) is 92.2 Å². The Morgan fingerprint density at radius 3 is 1.98 bits per heavy atom. The molecular weight excluding hydrogens is 749 g/mol. The number of amides is 4. The zero-order valence-electron chi connectivity index (χ0n) is 33.0. The Bertz CT molecular complexity index is 2560. The number of fused-ring (bicyclic) bond motifs is 1. The number of methoxy groups -OCH3 is 1. The molecule has 0 saturated carbocycles. The van der Waals surface area contributed by atoms with Crippen molar-refractivity contribution in [1.82, 2.24) is 38.7 Å². The predicted molar refractivity (Wildman–Crippen MR) is 213 cm³/mol. The Morgan fingerprint density at radius 2 is 1.38 bits per heavy atom. The Kier molecular flexibility index (Phi) is 11.1. The van der Waals surface area contributed by atoms with Crippen LogP contribution in [0.25, 0.3) is 22.1 Å². The standard InChI is InChI=1S/C39H46N12O7/c1-6-49-28(14-21(3)46-49)36(54)44-38-42-26-16-23(34(40)52)18-30(57-13-9-12-56-5)32(26)48(38)11-8-10-25-20-58-31-19-24(35(41)53)17-27-33(31)51(25)39(43-27)45-37(55)29-15-22(4)47-50(29)7-2/h14-19,25H,6-13,20H2,1-5H3,(H2,40,52)(H2,41,53)(H,42,44,54)(H,43,45,55)/t25-/m0/s1. The average Bonchev–Trinajstić information content (AvgIpc) is 3.97. The maximum absolute atomic E-state index is 13.8. The third-order valence-electron chi connectivity index (χ3n) is 9.91. The van der Waals surface area contributed by atoms with Crippen molar-refractivity contribution in [1.29, 1.82) is 0 Å². The molecule has 1 aliphatic rings. The van der Waals surface area contributed by atoms with Crippen molar-refractivity contribution in [3.63, 3.8) is 0 Å². The fourth-order valence-electron chi connectivity index (χ4n) is 7.30. The Morgan fingerprint density at radius 1 is 0.793 bits per heavy atom. The number of aromatic nitrogens is 8. The highest BCUT2D eigenvalue weighted by molar-refractivity contribution is 6.05. The van der Waals surface area contributed by atoms with Crippen LogP contribution in [0.4, 0.5) is 11.9 Å². The second kappa shape index (κ2) is 16.4. The monoisotopic (exact) mass is 794 g/mol. The average molecular weight is 795 g/mol. The van der Waals surface area contributed by atoms with Crippen molar-refractivity contribution in [3.05, 3.63) is 70.3 Å². The molecule has 0 unspecified atom stereocenters. The molecular formula is C39H46N12O7. The highest BCUT2D eigenvalue weighted by Gasteiger charge is 2.30. The third-order valence-corrected chi connectivity index (χ3v) is 9.91. The largest absolute Gasteiger partial charge is 0.491 e. The van der Waals surface area contributed by atoms with E-state index in [-0.39, 0.29) is 42.3 Å². The van der Waals surface area contributed by atoms with Crippen LogP contribution in [0.15, 0.2) is 36.4 Å². The number of hydrogen-bond donors (Lipinski definition) is 4. The molecule has 0 bridgehead atoms. The normalized spacial score (nSPS) is 13.5. The zero-order chi connectivity index (χ0) is 41.2. The molecule has 0 aliphatic carbocycles. The molecule has 6 aromatic rings. The van der Waals surface area contributed by atoms with Crippen LogP contribution in [0.2, 0.25) is 0 Å². The number of imidazole rings is 2. The quantitative estimate of drug-likeness (QED) is 0.0963. The smallest absolute Gasteiger partial charge is 0.276 e. The van der Waals surface area contributed by atoms with Gasteiger partial charge in [0.25, 0.3) is 11.8 Å². The van der Waals surface area contributed by atoms with E-state index < -0.39 is 23.6 Å². The molecule has 2 aromatic carbocycles. The van der Waals surface area contributed by atoms with Crippen molar-refractivity contribution >= 4 is 57.6 Å². The van der Waals surface area contributed by atoms with Gasteiger partial charge in [0.05, 0.1) is 35.1 Å². The van der Waals surface area contributed by atoms with Gasteiger partial charge in [0.15, 0.2) is 0 Å². The van der Waals surface area contributed by atoms with Gasteiger partial charge in [-0.3, -0.25) is 39.2 Å². The lowest BCUT2D eigenvalue weighted by Crippen LogP contribution is -2.26. The van der Waals surface area contributed by atoms with Crippen LogP contribution in [0, 0.1) is 13.8 Å². The summed E-state index contributed by atoms with van der Waals surface area (Å²) in [4.78, 5) is 61.6. The van der Waals surface area contributed by atoms with Crippen molar-refractivity contribution in [2.24, 2.45) is 11.5 Å². The summed E-state index contributed by atoms with van der Waals surface area (Å²) in [6.07, 6.45) is 1.60. The minimum absolute atomic E-state index is 0.194. The molecule has 6 N–H and O–H groups in total. The van der Waals surface area contributed by atoms with Crippen LogP contribution in [-0.2, 0) is 24.4 Å². The van der Waals surface area contributed by atoms with E-state index in [0.717, 1.165) is 0 Å². The minimum Gasteiger partial charge on any atom is -0.491 e. The van der Waals surface area contributed by atoms with Gasteiger partial charge in [-0.05, 0) is 76.9 Å². The Labute approximate surface area is 332 Å². The zero-order valence-corrected chi connectivity index (χ0v) is 33.0. The van der Waals surface area contributed by atoms with Gasteiger partial charge in [0.1, 0.15) is 40.5 Å². The summed E-state index contributed by atoms with van der Waals surface area (Å²) < 4.78 is 24.6. The summed E-state index contributed by atoms with van der Waals surface area (Å²) in [5.41, 5.74) is 15.9. The maximum atomic E-state index is 13.8. The highest BCUT2D eigenvalue weighted by Crippen LogP contribution is 2.39. The third kappa shape index (κ3) is 7.67. The summed E-state index contributed by atoms with van der Waals surface area (Å²) in [6, 6.07) is 9.38. The molecule has 0 radical (unpaired) electrons. The number of aryl methyl sites for hydroxylation is 5. The van der Waals surface area contributed by atoms with Crippen LogP contribution < -0.4 is 31.6 Å². The SMILES string of the molecule is CCn1nc(C)cc1C(=O)Nc1nc2cc(C(N)=O)cc(OCCCOC)c2n1CCC[C@H]1COc2cc(C(N)=O)cc3nc(NC(=O)c4cc(C)nn4CC)n1c23. The number of nitrogens with one attached hydrogen (secondary N) is 2. The van der Waals surface area contributed by atoms with Crippen LogP contribution in [-0.4, -0.2) is 89.2 Å². The number of nitrogens with two attached hydrogens (primary N) is 2. The molecule has 0 spiro atoms. The number of anilines is 2. The summed E-state index contributed by atoms with van der Waals surface area (Å²) in [6.45, 7) is 9.68. The van der Waals surface area contributed by atoms with Crippen LogP contribution in [0.3, 0.4) is 0 Å². The van der Waals surface area contributed by atoms with Crippen molar-refractivity contribution in [2.45, 2.75) is 72.6 Å². The van der Waals surface area contributed by atoms with E-state index in [0.29, 0.717) is 102 Å². The van der Waals surface area contributed by atoms with E-state index in [1.165, 1.54) is 0 Å². The van der Waals surface area contributed by atoms with Gasteiger partial charge in [-0.25, -0.2) is 9.97 Å². The second-order valence-electron chi connectivity index (χ2n) is 14.0. The number of nitrogens with zero attached hydrogens (tertiary/aromatic N) is 8. The van der Waals surface area contributed by atoms with E-state index in [4.69, 9.17) is 35.6 Å². The lowest BCUT2D eigenvalue weighted by atomic mass is 10.1. The van der Waals surface area contributed by atoms with E-state index >= 15 is 0 Å². The minimum atomic E-state index is -0.657. The Hall–Kier alpha value is -6.76. The molecule has 58 heavy (non-hydrogen) atoms. The van der Waals surface area contributed by atoms with Gasteiger partial charge < -0.3 is 34.8 Å². The Balaban J connectivity index is 1.24. The van der Waals surface area contributed by atoms with Gasteiger partial charge in [-0.2, -0.15) is 10.2 Å². The van der Waals surface area contributed by atoms with Gasteiger partial charge in [-0.1, -0.05) is 0 Å². The number of hydrogen-bond acceptors (Lipinski definition) is 11. The molecule has 304 valence electrons. The molecule has 19 heteroatoms. The van der Waals surface area contributed by atoms with E-state index in [9.17, 15) is 19.2 Å². The summed E-state index contributed by atoms with van der Waals surface area (Å²) in [7, 11) is 1.60. The van der Waals surface area contributed by atoms with Gasteiger partial charge >= 0.3 is 0 Å². The molecule has 19 nitrogen and oxygen atoms in total. The molecule has 4 amide bonds. The van der Waals surface area contributed by atoms with Crippen molar-refractivity contribution in [2.75, 3.05) is 37.6 Å². The first-order chi connectivity index (χ1) is 27.9. The first kappa shape index (κ1) is 39.5. The number of carbonyl (C=O) groups is 4. The van der Waals surface area contributed by atoms with Gasteiger partial charge in [0, 0.05) is 50.9 Å². The predicted octanol–water partition coefficient (Wildman–Crippen LogP) is 3.97. The first-order valence-corrected chi connectivity index (χ1v) is 19.1. The first-order valence-electron chi connectivity index (χ1n) is 19.1. The van der Waals surface area contributed by atoms with Crippen LogP contribution in [0.5, 0.6) is 11.5 Å². The van der Waals surface area contributed by atoms with E-state index in [2.05, 4.69) is 20.8 Å². The molecule has 0 saturated heterocycles. The molecule has 1 aliphatic heterocycles. The molecule has 1 atom stereocenters. The number of carbonyl (C=O) groups excluding carboxylic acids is 4. The summed E-state index contributed by atoms with van der Waals surface area (Å²) in [5.74, 6) is -0.816. The second-order valence-corrected chi connectivity index (χ2v) is 14.0. The molecule has 7 rings (SSSR count). The van der Waals surface area contributed by atoms with Crippen molar-refractivity contribution in [3.8, 4) is 11.5 Å². The molecule has 5 heterocycles. The topological polar surface area (TPSA) is 243 Å². The van der Waals surface area contributed by atoms with Crippen LogP contribution >= 0.6 is 0 Å². The number of benzene rings is 2. The number of rotatable bonds is 17.